The van der Waals surface area contributed by atoms with Gasteiger partial charge in [-0.25, -0.2) is 0 Å². The summed E-state index contributed by atoms with van der Waals surface area (Å²) in [5, 5.41) is 9.65. The van der Waals surface area contributed by atoms with Gasteiger partial charge in [0.15, 0.2) is 0 Å². The molecule has 0 aliphatic carbocycles. The highest BCUT2D eigenvalue weighted by Gasteiger charge is 2.52. The van der Waals surface area contributed by atoms with Gasteiger partial charge in [-0.2, -0.15) is 0 Å². The molecule has 1 fully saturated rings. The van der Waals surface area contributed by atoms with Gasteiger partial charge in [-0.1, -0.05) is 6.92 Å². The Hall–Kier alpha value is -1.22. The lowest BCUT2D eigenvalue weighted by Crippen LogP contribution is -2.45. The van der Waals surface area contributed by atoms with E-state index in [9.17, 15) is 5.11 Å². The minimum absolute atomic E-state index is 0.164. The minimum Gasteiger partial charge on any atom is -0.508 e. The zero-order valence-electron chi connectivity index (χ0n) is 10.1. The number of hydrogen-bond donors (Lipinski definition) is 1. The number of rotatable bonds is 0. The van der Waals surface area contributed by atoms with Crippen molar-refractivity contribution >= 4 is 5.69 Å². The Morgan fingerprint density at radius 2 is 2.12 bits per heavy atom. The largest absolute Gasteiger partial charge is 0.508 e. The van der Waals surface area contributed by atoms with Crippen molar-refractivity contribution in [2.45, 2.75) is 24.9 Å². The number of nitrogens with zero attached hydrogens (tertiary/aromatic N) is 2. The molecule has 86 valence electrons. The van der Waals surface area contributed by atoms with Crippen LogP contribution in [0.3, 0.4) is 0 Å². The van der Waals surface area contributed by atoms with Crippen LogP contribution in [0.1, 0.15) is 18.9 Å². The van der Waals surface area contributed by atoms with Crippen molar-refractivity contribution in [2.24, 2.45) is 0 Å². The molecule has 2 aliphatic heterocycles. The van der Waals surface area contributed by atoms with E-state index >= 15 is 0 Å². The van der Waals surface area contributed by atoms with Gasteiger partial charge in [0.2, 0.25) is 0 Å². The third-order valence-electron chi connectivity index (χ3n) is 4.31. The molecule has 0 aromatic heterocycles. The number of benzene rings is 1. The molecule has 16 heavy (non-hydrogen) atoms. The zero-order chi connectivity index (χ0) is 11.5. The second-order valence-electron chi connectivity index (χ2n) is 5.33. The van der Waals surface area contributed by atoms with Gasteiger partial charge in [-0.05, 0) is 37.2 Å². The summed E-state index contributed by atoms with van der Waals surface area (Å²) in [6.07, 6.45) is 1.60. The molecule has 2 heterocycles. The molecule has 3 heteroatoms. The molecule has 1 aromatic carbocycles. The van der Waals surface area contributed by atoms with Gasteiger partial charge in [-0.3, -0.25) is 4.90 Å². The lowest BCUT2D eigenvalue weighted by Gasteiger charge is -2.32. The average Bonchev–Trinajstić information content (AvgIpc) is 2.65. The number of phenolic OH excluding ortho intramolecular Hbond substituents is 1. The number of aromatic hydroxyl groups is 1. The molecule has 0 bridgehead atoms. The highest BCUT2D eigenvalue weighted by molar-refractivity contribution is 5.65. The molecular weight excluding hydrogens is 200 g/mol. The maximum Gasteiger partial charge on any atom is 0.116 e. The fourth-order valence-electron chi connectivity index (χ4n) is 3.56. The second-order valence-corrected chi connectivity index (χ2v) is 5.33. The predicted octanol–water partition coefficient (Wildman–Crippen LogP) is 1.76. The SMILES string of the molecule is CN1CC[C@]2(C)c3cc(O)ccc3N(C)[C@@H]12. The molecule has 0 saturated carbocycles. The number of hydrogen-bond acceptors (Lipinski definition) is 3. The van der Waals surface area contributed by atoms with Crippen LogP contribution in [0.2, 0.25) is 0 Å². The van der Waals surface area contributed by atoms with Crippen LogP contribution in [-0.4, -0.2) is 36.8 Å². The van der Waals surface area contributed by atoms with E-state index < -0.39 is 0 Å². The number of anilines is 1. The van der Waals surface area contributed by atoms with Crippen LogP contribution in [0.25, 0.3) is 0 Å². The van der Waals surface area contributed by atoms with E-state index in [2.05, 4.69) is 30.8 Å². The first-order valence-electron chi connectivity index (χ1n) is 5.80. The maximum atomic E-state index is 9.65. The Labute approximate surface area is 96.3 Å². The molecule has 1 aromatic rings. The topological polar surface area (TPSA) is 26.7 Å². The van der Waals surface area contributed by atoms with Crippen LogP contribution in [0.15, 0.2) is 18.2 Å². The van der Waals surface area contributed by atoms with E-state index in [1.807, 2.05) is 12.1 Å². The summed E-state index contributed by atoms with van der Waals surface area (Å²) in [6, 6.07) is 5.74. The fourth-order valence-corrected chi connectivity index (χ4v) is 3.56. The normalized spacial score (nSPS) is 32.9. The van der Waals surface area contributed by atoms with E-state index in [-0.39, 0.29) is 5.41 Å². The van der Waals surface area contributed by atoms with E-state index in [0.29, 0.717) is 11.9 Å². The predicted molar refractivity (Wildman–Crippen MR) is 64.9 cm³/mol. The Kier molecular flexibility index (Phi) is 1.82. The van der Waals surface area contributed by atoms with Crippen molar-refractivity contribution in [3.63, 3.8) is 0 Å². The van der Waals surface area contributed by atoms with E-state index in [1.54, 1.807) is 6.07 Å². The van der Waals surface area contributed by atoms with Crippen molar-refractivity contribution in [1.82, 2.24) is 4.90 Å². The molecule has 1 N–H and O–H groups in total. The van der Waals surface area contributed by atoms with Crippen LogP contribution >= 0.6 is 0 Å². The summed E-state index contributed by atoms with van der Waals surface area (Å²) in [4.78, 5) is 4.73. The Morgan fingerprint density at radius 3 is 2.88 bits per heavy atom. The molecule has 0 unspecified atom stereocenters. The molecule has 3 rings (SSSR count). The molecule has 0 radical (unpaired) electrons. The Bertz CT molecular complexity index is 446. The summed E-state index contributed by atoms with van der Waals surface area (Å²) >= 11 is 0. The summed E-state index contributed by atoms with van der Waals surface area (Å²) in [5.41, 5.74) is 2.72. The van der Waals surface area contributed by atoms with Gasteiger partial charge in [0.05, 0.1) is 6.17 Å². The number of likely N-dealkylation sites (N-methyl/N-ethyl adjacent to an activating group) is 2. The minimum atomic E-state index is 0.164. The first kappa shape index (κ1) is 9.97. The maximum absolute atomic E-state index is 9.65. The van der Waals surface area contributed by atoms with Crippen molar-refractivity contribution in [1.29, 1.82) is 0 Å². The first-order chi connectivity index (χ1) is 7.54. The van der Waals surface area contributed by atoms with Gasteiger partial charge < -0.3 is 10.0 Å². The van der Waals surface area contributed by atoms with E-state index in [1.165, 1.54) is 11.3 Å². The van der Waals surface area contributed by atoms with Crippen molar-refractivity contribution in [2.75, 3.05) is 25.5 Å². The van der Waals surface area contributed by atoms with Gasteiger partial charge >= 0.3 is 0 Å². The van der Waals surface area contributed by atoms with Gasteiger partial charge in [0.1, 0.15) is 5.75 Å². The van der Waals surface area contributed by atoms with Gasteiger partial charge in [0.25, 0.3) is 0 Å². The summed E-state index contributed by atoms with van der Waals surface area (Å²) < 4.78 is 0. The van der Waals surface area contributed by atoms with Gasteiger partial charge in [0, 0.05) is 24.7 Å². The quantitative estimate of drug-likeness (QED) is 0.719. The summed E-state index contributed by atoms with van der Waals surface area (Å²) in [5.74, 6) is 0.378. The standard InChI is InChI=1S/C13H18N2O/c1-13-6-7-14(2)12(13)15(3)11-5-4-9(16)8-10(11)13/h4-5,8,12,16H,6-7H2,1-3H3/t12-,13-/m1/s1. The lowest BCUT2D eigenvalue weighted by atomic mass is 9.81. The van der Waals surface area contributed by atoms with Crippen LogP contribution in [0.4, 0.5) is 5.69 Å². The molecular formula is C13H18N2O. The van der Waals surface area contributed by atoms with Crippen molar-refractivity contribution < 1.29 is 5.11 Å². The van der Waals surface area contributed by atoms with Crippen LogP contribution in [-0.2, 0) is 5.41 Å². The van der Waals surface area contributed by atoms with Gasteiger partial charge in [-0.15, -0.1) is 0 Å². The Balaban J connectivity index is 2.20. The zero-order valence-corrected chi connectivity index (χ0v) is 10.1. The number of phenols is 1. The number of likely N-dealkylation sites (tertiary alicyclic amines) is 1. The van der Waals surface area contributed by atoms with E-state index in [0.717, 1.165) is 13.0 Å². The van der Waals surface area contributed by atoms with Crippen LogP contribution in [0.5, 0.6) is 5.75 Å². The van der Waals surface area contributed by atoms with Crippen LogP contribution < -0.4 is 4.90 Å². The Morgan fingerprint density at radius 1 is 1.38 bits per heavy atom. The second kappa shape index (κ2) is 2.92. The molecule has 2 atom stereocenters. The monoisotopic (exact) mass is 218 g/mol. The summed E-state index contributed by atoms with van der Waals surface area (Å²) in [7, 11) is 4.33. The molecule has 1 saturated heterocycles. The molecule has 0 amide bonds. The molecule has 0 spiro atoms. The fraction of sp³-hybridized carbons (Fsp3) is 0.538. The first-order valence-corrected chi connectivity index (χ1v) is 5.80. The lowest BCUT2D eigenvalue weighted by molar-refractivity contribution is 0.268. The van der Waals surface area contributed by atoms with Crippen molar-refractivity contribution in [3.05, 3.63) is 23.8 Å². The molecule has 2 aliphatic rings. The molecule has 3 nitrogen and oxygen atoms in total. The van der Waals surface area contributed by atoms with Crippen LogP contribution in [0, 0.1) is 0 Å². The third kappa shape index (κ3) is 1.02. The highest BCUT2D eigenvalue weighted by Crippen LogP contribution is 2.51. The van der Waals surface area contributed by atoms with Crippen molar-refractivity contribution in [3.8, 4) is 5.75 Å². The highest BCUT2D eigenvalue weighted by atomic mass is 16.3. The average molecular weight is 218 g/mol. The third-order valence-corrected chi connectivity index (χ3v) is 4.31. The van der Waals surface area contributed by atoms with E-state index in [4.69, 9.17) is 0 Å². The summed E-state index contributed by atoms with van der Waals surface area (Å²) in [6.45, 7) is 3.43. The number of fused-ring (bicyclic) bond motifs is 3. The smallest absolute Gasteiger partial charge is 0.116 e.